The van der Waals surface area contributed by atoms with Gasteiger partial charge >= 0.3 is 0 Å². The first kappa shape index (κ1) is 16.2. The summed E-state index contributed by atoms with van der Waals surface area (Å²) in [5.41, 5.74) is 2.44. The summed E-state index contributed by atoms with van der Waals surface area (Å²) < 4.78 is 0. The van der Waals surface area contributed by atoms with Crippen molar-refractivity contribution in [2.45, 2.75) is 33.1 Å². The lowest BCUT2D eigenvalue weighted by molar-refractivity contribution is 0.184. The highest BCUT2D eigenvalue weighted by Crippen LogP contribution is 2.17. The number of nitrogens with zero attached hydrogens (tertiary/aromatic N) is 2. The highest BCUT2D eigenvalue weighted by molar-refractivity contribution is 7.80. The van der Waals surface area contributed by atoms with Gasteiger partial charge in [0.15, 0.2) is 5.11 Å². The van der Waals surface area contributed by atoms with Crippen LogP contribution in [0.5, 0.6) is 0 Å². The van der Waals surface area contributed by atoms with Gasteiger partial charge in [0, 0.05) is 31.9 Å². The van der Waals surface area contributed by atoms with Crippen molar-refractivity contribution < 1.29 is 0 Å². The van der Waals surface area contributed by atoms with Crippen molar-refractivity contribution >= 4 is 23.0 Å². The van der Waals surface area contributed by atoms with Crippen LogP contribution in [-0.2, 0) is 0 Å². The molecule has 1 heterocycles. The molecule has 2 rings (SSSR count). The number of benzene rings is 1. The molecule has 0 aliphatic carbocycles. The topological polar surface area (TPSA) is 18.5 Å². The van der Waals surface area contributed by atoms with E-state index in [1.54, 1.807) is 0 Å². The highest BCUT2D eigenvalue weighted by Gasteiger charge is 2.18. The third kappa shape index (κ3) is 4.68. The largest absolute Gasteiger partial charge is 0.346 e. The van der Waals surface area contributed by atoms with Crippen LogP contribution in [0.25, 0.3) is 0 Å². The SMILES string of the molecule is CCCN1CCN(C(=S)Nc2ccc(C(C)C)cc2)CC1. The molecule has 0 aromatic heterocycles. The maximum absolute atomic E-state index is 5.54. The summed E-state index contributed by atoms with van der Waals surface area (Å²) in [6.45, 7) is 12.1. The maximum Gasteiger partial charge on any atom is 0.173 e. The summed E-state index contributed by atoms with van der Waals surface area (Å²) in [7, 11) is 0. The summed E-state index contributed by atoms with van der Waals surface area (Å²) in [5, 5.41) is 4.21. The van der Waals surface area contributed by atoms with Crippen LogP contribution in [0.4, 0.5) is 5.69 Å². The summed E-state index contributed by atoms with van der Waals surface area (Å²) >= 11 is 5.54. The van der Waals surface area contributed by atoms with Crippen molar-refractivity contribution in [3.8, 4) is 0 Å². The molecule has 1 aliphatic rings. The van der Waals surface area contributed by atoms with Crippen molar-refractivity contribution in [3.63, 3.8) is 0 Å². The minimum Gasteiger partial charge on any atom is -0.346 e. The molecule has 0 radical (unpaired) electrons. The van der Waals surface area contributed by atoms with Crippen LogP contribution in [0.3, 0.4) is 0 Å². The molecule has 116 valence electrons. The molecule has 0 saturated carbocycles. The first-order chi connectivity index (χ1) is 10.1. The van der Waals surface area contributed by atoms with Crippen molar-refractivity contribution in [3.05, 3.63) is 29.8 Å². The summed E-state index contributed by atoms with van der Waals surface area (Å²) in [6, 6.07) is 8.59. The molecule has 1 aromatic rings. The van der Waals surface area contributed by atoms with E-state index in [0.29, 0.717) is 5.92 Å². The molecule has 1 N–H and O–H groups in total. The van der Waals surface area contributed by atoms with E-state index in [1.807, 2.05) is 0 Å². The first-order valence-corrected chi connectivity index (χ1v) is 8.39. The van der Waals surface area contributed by atoms with Gasteiger partial charge in [0.1, 0.15) is 0 Å². The fourth-order valence-corrected chi connectivity index (χ4v) is 2.95. The van der Waals surface area contributed by atoms with Gasteiger partial charge < -0.3 is 10.2 Å². The van der Waals surface area contributed by atoms with Crippen molar-refractivity contribution in [1.82, 2.24) is 9.80 Å². The number of hydrogen-bond acceptors (Lipinski definition) is 2. The monoisotopic (exact) mass is 305 g/mol. The van der Waals surface area contributed by atoms with Crippen LogP contribution >= 0.6 is 12.2 Å². The average molecular weight is 305 g/mol. The Bertz CT molecular complexity index is 448. The quantitative estimate of drug-likeness (QED) is 0.857. The van der Waals surface area contributed by atoms with E-state index >= 15 is 0 Å². The molecule has 4 heteroatoms. The van der Waals surface area contributed by atoms with E-state index in [9.17, 15) is 0 Å². The Morgan fingerprint density at radius 1 is 1.14 bits per heavy atom. The van der Waals surface area contributed by atoms with E-state index in [2.05, 4.69) is 60.2 Å². The van der Waals surface area contributed by atoms with Gasteiger partial charge in [-0.3, -0.25) is 4.90 Å². The fraction of sp³-hybridized carbons (Fsp3) is 0.588. The Kier molecular flexibility index (Phi) is 6.00. The van der Waals surface area contributed by atoms with Crippen molar-refractivity contribution in [1.29, 1.82) is 0 Å². The van der Waals surface area contributed by atoms with Gasteiger partial charge in [-0.25, -0.2) is 0 Å². The molecule has 1 saturated heterocycles. The van der Waals surface area contributed by atoms with E-state index in [0.717, 1.165) is 37.0 Å². The van der Waals surface area contributed by atoms with Gasteiger partial charge in [0.05, 0.1) is 0 Å². The second kappa shape index (κ2) is 7.76. The standard InChI is InChI=1S/C17H27N3S/c1-4-9-19-10-12-20(13-11-19)17(21)18-16-7-5-15(6-8-16)14(2)3/h5-8,14H,4,9-13H2,1-3H3,(H,18,21). The minimum atomic E-state index is 0.567. The summed E-state index contributed by atoms with van der Waals surface area (Å²) in [6.07, 6.45) is 1.23. The van der Waals surface area contributed by atoms with Gasteiger partial charge in [-0.15, -0.1) is 0 Å². The van der Waals surface area contributed by atoms with Crippen LogP contribution in [0, 0.1) is 0 Å². The molecule has 0 bridgehead atoms. The van der Waals surface area contributed by atoms with E-state index < -0.39 is 0 Å². The Balaban J connectivity index is 1.84. The second-order valence-corrected chi connectivity index (χ2v) is 6.42. The molecule has 1 aromatic carbocycles. The van der Waals surface area contributed by atoms with Crippen LogP contribution in [0.2, 0.25) is 0 Å². The van der Waals surface area contributed by atoms with Crippen molar-refractivity contribution in [2.75, 3.05) is 38.0 Å². The fourth-order valence-electron chi connectivity index (χ4n) is 2.64. The molecular formula is C17H27N3S. The van der Waals surface area contributed by atoms with Crippen LogP contribution in [0.1, 0.15) is 38.7 Å². The van der Waals surface area contributed by atoms with Gasteiger partial charge in [0.2, 0.25) is 0 Å². The van der Waals surface area contributed by atoms with Crippen LogP contribution in [0.15, 0.2) is 24.3 Å². The second-order valence-electron chi connectivity index (χ2n) is 6.04. The molecule has 0 spiro atoms. The predicted molar refractivity (Wildman–Crippen MR) is 95.1 cm³/mol. The third-order valence-corrected chi connectivity index (χ3v) is 4.39. The number of thiocarbonyl (C=S) groups is 1. The molecule has 21 heavy (non-hydrogen) atoms. The number of nitrogens with one attached hydrogen (secondary N) is 1. The van der Waals surface area contributed by atoms with E-state index in [4.69, 9.17) is 12.2 Å². The number of anilines is 1. The Hall–Kier alpha value is -1.13. The zero-order chi connectivity index (χ0) is 15.2. The molecular weight excluding hydrogens is 278 g/mol. The minimum absolute atomic E-state index is 0.567. The third-order valence-electron chi connectivity index (χ3n) is 4.03. The number of piperazine rings is 1. The molecule has 0 unspecified atom stereocenters. The first-order valence-electron chi connectivity index (χ1n) is 7.98. The molecule has 1 aliphatic heterocycles. The zero-order valence-corrected chi connectivity index (χ0v) is 14.2. The Morgan fingerprint density at radius 2 is 1.76 bits per heavy atom. The van der Waals surface area contributed by atoms with Gasteiger partial charge in [-0.2, -0.15) is 0 Å². The van der Waals surface area contributed by atoms with E-state index in [1.165, 1.54) is 18.5 Å². The number of hydrogen-bond donors (Lipinski definition) is 1. The summed E-state index contributed by atoms with van der Waals surface area (Å²) in [5.74, 6) is 0.567. The van der Waals surface area contributed by atoms with Crippen LogP contribution < -0.4 is 5.32 Å². The maximum atomic E-state index is 5.54. The molecule has 0 atom stereocenters. The molecule has 0 amide bonds. The Labute approximate surface area is 134 Å². The van der Waals surface area contributed by atoms with Crippen LogP contribution in [-0.4, -0.2) is 47.6 Å². The van der Waals surface area contributed by atoms with E-state index in [-0.39, 0.29) is 0 Å². The van der Waals surface area contributed by atoms with Crippen molar-refractivity contribution in [2.24, 2.45) is 0 Å². The molecule has 3 nitrogen and oxygen atoms in total. The lowest BCUT2D eigenvalue weighted by Crippen LogP contribution is -2.49. The highest BCUT2D eigenvalue weighted by atomic mass is 32.1. The lowest BCUT2D eigenvalue weighted by Gasteiger charge is -2.36. The number of rotatable bonds is 4. The Morgan fingerprint density at radius 3 is 2.29 bits per heavy atom. The lowest BCUT2D eigenvalue weighted by atomic mass is 10.0. The average Bonchev–Trinajstić information content (AvgIpc) is 2.49. The van der Waals surface area contributed by atoms with Gasteiger partial charge in [-0.05, 0) is 48.8 Å². The van der Waals surface area contributed by atoms with Gasteiger partial charge in [0.25, 0.3) is 0 Å². The smallest absolute Gasteiger partial charge is 0.173 e. The normalized spacial score (nSPS) is 16.3. The van der Waals surface area contributed by atoms with Gasteiger partial charge in [-0.1, -0.05) is 32.9 Å². The predicted octanol–water partition coefficient (Wildman–Crippen LogP) is 3.53. The summed E-state index contributed by atoms with van der Waals surface area (Å²) in [4.78, 5) is 4.79. The molecule has 1 fully saturated rings. The zero-order valence-electron chi connectivity index (χ0n) is 13.4.